The highest BCUT2D eigenvalue weighted by Gasteiger charge is 2.50. The van der Waals surface area contributed by atoms with Gasteiger partial charge in [-0.15, -0.1) is 0 Å². The van der Waals surface area contributed by atoms with Gasteiger partial charge in [0.25, 0.3) is 0 Å². The summed E-state index contributed by atoms with van der Waals surface area (Å²) < 4.78 is 14.2. The van der Waals surface area contributed by atoms with E-state index in [0.717, 1.165) is 56.4 Å². The molecule has 1 fully saturated rings. The number of imidazole rings is 1. The lowest BCUT2D eigenvalue weighted by molar-refractivity contribution is -0.137. The Hall–Kier alpha value is -5.15. The van der Waals surface area contributed by atoms with Crippen molar-refractivity contribution in [3.8, 4) is 22.4 Å². The van der Waals surface area contributed by atoms with E-state index in [2.05, 4.69) is 88.1 Å². The summed E-state index contributed by atoms with van der Waals surface area (Å²) in [5, 5.41) is 9.19. The summed E-state index contributed by atoms with van der Waals surface area (Å²) in [6, 6.07) is 11.4. The summed E-state index contributed by atoms with van der Waals surface area (Å²) in [7, 11) is 4.98. The Balaban J connectivity index is 1.33. The molecule has 2 heterocycles. The molecule has 0 radical (unpaired) electrons. The van der Waals surface area contributed by atoms with Crippen molar-refractivity contribution in [3.63, 3.8) is 0 Å². The minimum atomic E-state index is -0.716. The zero-order valence-corrected chi connectivity index (χ0v) is 37.3. The lowest BCUT2D eigenvalue weighted by Crippen LogP contribution is -2.52. The van der Waals surface area contributed by atoms with Crippen LogP contribution in [0, 0.1) is 29.6 Å². The predicted molar refractivity (Wildman–Crippen MR) is 236 cm³/mol. The highest BCUT2D eigenvalue weighted by Crippen LogP contribution is 2.43. The Kier molecular flexibility index (Phi) is 15.0. The Morgan fingerprint density at radius 2 is 1.53 bits per heavy atom. The van der Waals surface area contributed by atoms with E-state index in [-0.39, 0.29) is 41.8 Å². The summed E-state index contributed by atoms with van der Waals surface area (Å²) in [6.07, 6.45) is 4.71. The average Bonchev–Trinajstić information content (AvgIpc) is 3.60. The molecule has 6 atom stereocenters. The van der Waals surface area contributed by atoms with Gasteiger partial charge < -0.3 is 35.5 Å². The van der Waals surface area contributed by atoms with Gasteiger partial charge in [0.05, 0.1) is 61.8 Å². The number of methoxy groups -OCH3 is 1. The molecule has 1 aliphatic rings. The van der Waals surface area contributed by atoms with Crippen LogP contribution in [0.4, 0.5) is 4.79 Å². The third-order valence-corrected chi connectivity index (χ3v) is 12.3. The average molecular weight is 827 g/mol. The van der Waals surface area contributed by atoms with Crippen LogP contribution in [0.3, 0.4) is 0 Å². The summed E-state index contributed by atoms with van der Waals surface area (Å²) >= 11 is 1.16. The van der Waals surface area contributed by atoms with Gasteiger partial charge in [-0.3, -0.25) is 14.6 Å². The third kappa shape index (κ3) is 10.2. The van der Waals surface area contributed by atoms with Crippen LogP contribution in [0.2, 0.25) is 0 Å². The standard InChI is InChI=1S/C44H62N10O4S/c1-24(2)29(9)53(42(55)37(46-11)25(3)4)20-19-47-21-35(45-10)33-18-17-32(39-40(33)52-59-51-39)30-13-15-31(16-14-30)34-22-48-36(49-34)23-54(41-27(7)28(41)8)43(56)38(26(5)6)50-44(57)58-12/h13-19,21-22,24-29,37-38,41,45-46H,20,23H2,1-12H3,(H,48,49)(H,50,57)/b35-21-,47-19?/t27-,28?,29-,37?,38?,41?/m1/s1. The number of H-pyrrole nitrogens is 1. The maximum Gasteiger partial charge on any atom is 0.407 e. The first-order valence-corrected chi connectivity index (χ1v) is 21.3. The Morgan fingerprint density at radius 3 is 2.10 bits per heavy atom. The molecule has 0 bridgehead atoms. The number of nitrogens with one attached hydrogen (secondary N) is 4. The highest BCUT2D eigenvalue weighted by atomic mass is 32.1. The molecule has 4 aromatic rings. The molecule has 1 saturated carbocycles. The molecule has 2 aromatic heterocycles. The molecule has 0 spiro atoms. The molecule has 0 saturated heterocycles. The SMILES string of the molecule is CN/C(=C\N=CCN(C(=O)C(NC)C(C)C)[C@H](C)C(C)C)c1ccc(-c2ccc(-c3cnc(CN(C(=O)C(NC(=O)OC)C(C)C)C4C(C)[C@H]4C)[nH]3)cc2)c2nsnc12. The second kappa shape index (κ2) is 19.7. The van der Waals surface area contributed by atoms with Crippen molar-refractivity contribution in [1.82, 2.24) is 44.5 Å². The zero-order valence-electron chi connectivity index (χ0n) is 36.5. The molecule has 4 N–H and O–H groups in total. The smallest absolute Gasteiger partial charge is 0.407 e. The lowest BCUT2D eigenvalue weighted by Gasteiger charge is -2.34. The number of aliphatic imine (C=N–C) groups is 1. The minimum Gasteiger partial charge on any atom is -0.453 e. The fraction of sp³-hybridized carbons (Fsp3) is 0.523. The second-order valence-electron chi connectivity index (χ2n) is 16.6. The number of amides is 3. The van der Waals surface area contributed by atoms with Gasteiger partial charge in [0.1, 0.15) is 22.9 Å². The summed E-state index contributed by atoms with van der Waals surface area (Å²) in [4.78, 5) is 56.0. The van der Waals surface area contributed by atoms with Crippen molar-refractivity contribution in [2.45, 2.75) is 93.0 Å². The quantitative estimate of drug-likeness (QED) is 0.0787. The number of rotatable bonds is 18. The lowest BCUT2D eigenvalue weighted by atomic mass is 9.99. The first-order valence-electron chi connectivity index (χ1n) is 20.6. The van der Waals surface area contributed by atoms with Crippen LogP contribution < -0.4 is 16.0 Å². The molecule has 59 heavy (non-hydrogen) atoms. The molecule has 4 unspecified atom stereocenters. The number of alkyl carbamates (subject to hydrolysis) is 1. The first kappa shape index (κ1) is 44.9. The number of carbonyl (C=O) groups excluding carboxylic acids is 3. The molecular weight excluding hydrogens is 765 g/mol. The number of aromatic amines is 1. The number of aromatic nitrogens is 4. The van der Waals surface area contributed by atoms with Crippen molar-refractivity contribution in [1.29, 1.82) is 0 Å². The first-order chi connectivity index (χ1) is 28.1. The van der Waals surface area contributed by atoms with Crippen molar-refractivity contribution >= 4 is 52.6 Å². The summed E-state index contributed by atoms with van der Waals surface area (Å²) in [6.45, 7) is 19.2. The molecule has 14 nitrogen and oxygen atoms in total. The molecule has 0 aliphatic heterocycles. The number of nitrogens with zero attached hydrogens (tertiary/aromatic N) is 6. The number of carbonyl (C=O) groups is 3. The fourth-order valence-electron chi connectivity index (χ4n) is 7.58. The van der Waals surface area contributed by atoms with E-state index in [0.29, 0.717) is 36.7 Å². The Bertz CT molecular complexity index is 2120. The van der Waals surface area contributed by atoms with Crippen LogP contribution in [0.1, 0.15) is 73.7 Å². The second-order valence-corrected chi connectivity index (χ2v) is 17.1. The molecule has 3 amide bonds. The van der Waals surface area contributed by atoms with Crippen LogP contribution in [-0.4, -0.2) is 105 Å². The van der Waals surface area contributed by atoms with Crippen LogP contribution >= 0.6 is 11.7 Å². The highest BCUT2D eigenvalue weighted by molar-refractivity contribution is 7.00. The van der Waals surface area contributed by atoms with E-state index in [1.807, 2.05) is 69.8 Å². The number of benzene rings is 2. The third-order valence-electron chi connectivity index (χ3n) is 11.8. The maximum atomic E-state index is 13.9. The molecule has 2 aromatic carbocycles. The number of fused-ring (bicyclic) bond motifs is 1. The van der Waals surface area contributed by atoms with Gasteiger partial charge in [0, 0.05) is 36.5 Å². The van der Waals surface area contributed by atoms with Gasteiger partial charge in [0.2, 0.25) is 11.8 Å². The maximum absolute atomic E-state index is 13.9. The van der Waals surface area contributed by atoms with Gasteiger partial charge in [-0.1, -0.05) is 85.7 Å². The molecule has 1 aliphatic carbocycles. The monoisotopic (exact) mass is 826 g/mol. The van der Waals surface area contributed by atoms with E-state index in [1.165, 1.54) is 7.11 Å². The van der Waals surface area contributed by atoms with E-state index < -0.39 is 12.1 Å². The number of likely N-dealkylation sites (N-methyl/N-ethyl adjacent to an activating group) is 1. The Labute approximate surface area is 353 Å². The van der Waals surface area contributed by atoms with E-state index >= 15 is 0 Å². The van der Waals surface area contributed by atoms with Crippen molar-refractivity contribution in [3.05, 3.63) is 60.2 Å². The molecular formula is C44H62N10O4S. The van der Waals surface area contributed by atoms with Crippen LogP contribution in [0.5, 0.6) is 0 Å². The molecule has 5 rings (SSSR count). The fourth-order valence-corrected chi connectivity index (χ4v) is 8.15. The van der Waals surface area contributed by atoms with Gasteiger partial charge >= 0.3 is 6.09 Å². The number of hydrogen-bond donors (Lipinski definition) is 4. The summed E-state index contributed by atoms with van der Waals surface area (Å²) in [5.41, 5.74) is 6.94. The predicted octanol–water partition coefficient (Wildman–Crippen LogP) is 6.82. The zero-order chi connectivity index (χ0) is 43.1. The van der Waals surface area contributed by atoms with Gasteiger partial charge in [0.15, 0.2) is 0 Å². The van der Waals surface area contributed by atoms with Crippen molar-refractivity contribution < 1.29 is 19.1 Å². The van der Waals surface area contributed by atoms with Crippen molar-refractivity contribution in [2.75, 3.05) is 27.7 Å². The minimum absolute atomic E-state index is 0.0469. The van der Waals surface area contributed by atoms with E-state index in [1.54, 1.807) is 18.6 Å². The topological polar surface area (TPSA) is 170 Å². The normalized spacial score (nSPS) is 18.4. The van der Waals surface area contributed by atoms with Crippen LogP contribution in [0.25, 0.3) is 39.1 Å². The van der Waals surface area contributed by atoms with Gasteiger partial charge in [-0.25, -0.2) is 9.78 Å². The van der Waals surface area contributed by atoms with Crippen LogP contribution in [-0.2, 0) is 20.9 Å². The van der Waals surface area contributed by atoms with Gasteiger partial charge in [-0.05, 0) is 60.8 Å². The number of ether oxygens (including phenoxy) is 1. The van der Waals surface area contributed by atoms with Gasteiger partial charge in [-0.2, -0.15) is 8.75 Å². The summed E-state index contributed by atoms with van der Waals surface area (Å²) in [5.74, 6) is 1.60. The van der Waals surface area contributed by atoms with Crippen LogP contribution in [0.15, 0.2) is 53.8 Å². The van der Waals surface area contributed by atoms with E-state index in [9.17, 15) is 14.4 Å². The van der Waals surface area contributed by atoms with E-state index in [4.69, 9.17) is 9.11 Å². The van der Waals surface area contributed by atoms with Crippen molar-refractivity contribution in [2.24, 2.45) is 34.6 Å². The largest absolute Gasteiger partial charge is 0.453 e. The Morgan fingerprint density at radius 1 is 0.881 bits per heavy atom. The molecule has 318 valence electrons. The number of hydrogen-bond acceptors (Lipinski definition) is 11. The molecule has 15 heteroatoms.